The first-order valence-corrected chi connectivity index (χ1v) is 4.23. The van der Waals surface area contributed by atoms with Crippen molar-refractivity contribution in [2.45, 2.75) is 25.9 Å². The van der Waals surface area contributed by atoms with Crippen LogP contribution in [0.5, 0.6) is 0 Å². The molecule has 1 heterocycles. The van der Waals surface area contributed by atoms with Crippen molar-refractivity contribution in [1.29, 1.82) is 0 Å². The third-order valence-electron chi connectivity index (χ3n) is 1.55. The summed E-state index contributed by atoms with van der Waals surface area (Å²) in [7, 11) is 0. The summed E-state index contributed by atoms with van der Waals surface area (Å²) in [6.45, 7) is 2.23. The molecule has 1 unspecified atom stereocenters. The molecule has 1 atom stereocenters. The smallest absolute Gasteiger partial charge is 0.221 e. The summed E-state index contributed by atoms with van der Waals surface area (Å²) in [5.41, 5.74) is 5.46. The quantitative estimate of drug-likeness (QED) is 0.717. The second-order valence-corrected chi connectivity index (χ2v) is 3.04. The van der Waals surface area contributed by atoms with Crippen molar-refractivity contribution < 1.29 is 9.21 Å². The van der Waals surface area contributed by atoms with Gasteiger partial charge in [0.15, 0.2) is 0 Å². The molecule has 0 saturated heterocycles. The van der Waals surface area contributed by atoms with Gasteiger partial charge >= 0.3 is 0 Å². The van der Waals surface area contributed by atoms with Crippen molar-refractivity contribution in [3.8, 4) is 0 Å². The van der Waals surface area contributed by atoms with Crippen LogP contribution in [0.15, 0.2) is 22.8 Å². The Hall–Kier alpha value is -1.29. The van der Waals surface area contributed by atoms with Crippen LogP contribution in [-0.2, 0) is 11.3 Å². The minimum absolute atomic E-state index is 0.0496. The molecule has 1 aromatic rings. The van der Waals surface area contributed by atoms with Gasteiger partial charge in [-0.25, -0.2) is 0 Å². The second-order valence-electron chi connectivity index (χ2n) is 3.04. The molecule has 0 bridgehead atoms. The van der Waals surface area contributed by atoms with Crippen LogP contribution < -0.4 is 11.1 Å². The van der Waals surface area contributed by atoms with Gasteiger partial charge in [-0.1, -0.05) is 0 Å². The SMILES string of the molecule is CC(N)CC(=O)NCc1ccco1. The van der Waals surface area contributed by atoms with E-state index in [1.54, 1.807) is 19.3 Å². The molecule has 0 radical (unpaired) electrons. The molecule has 72 valence electrons. The van der Waals surface area contributed by atoms with E-state index >= 15 is 0 Å². The largest absolute Gasteiger partial charge is 0.467 e. The number of hydrogen-bond donors (Lipinski definition) is 2. The standard InChI is InChI=1S/C9H14N2O2/c1-7(10)5-9(12)11-6-8-3-2-4-13-8/h2-4,7H,5-6,10H2,1H3,(H,11,12). The number of carbonyl (C=O) groups is 1. The maximum Gasteiger partial charge on any atom is 0.221 e. The van der Waals surface area contributed by atoms with Crippen molar-refractivity contribution in [3.05, 3.63) is 24.2 Å². The molecule has 1 aromatic heterocycles. The molecule has 0 spiro atoms. The van der Waals surface area contributed by atoms with E-state index in [1.165, 1.54) is 0 Å². The number of nitrogens with one attached hydrogen (secondary N) is 1. The van der Waals surface area contributed by atoms with Crippen molar-refractivity contribution in [1.82, 2.24) is 5.32 Å². The molecule has 0 saturated carbocycles. The average Bonchev–Trinajstić information content (AvgIpc) is 2.51. The molecular formula is C9H14N2O2. The normalized spacial score (nSPS) is 12.5. The van der Waals surface area contributed by atoms with Crippen LogP contribution in [0.4, 0.5) is 0 Å². The van der Waals surface area contributed by atoms with Gasteiger partial charge in [0.05, 0.1) is 12.8 Å². The Morgan fingerprint density at radius 3 is 3.08 bits per heavy atom. The van der Waals surface area contributed by atoms with Crippen molar-refractivity contribution in [3.63, 3.8) is 0 Å². The Morgan fingerprint density at radius 1 is 1.77 bits per heavy atom. The molecule has 13 heavy (non-hydrogen) atoms. The van der Waals surface area contributed by atoms with Crippen LogP contribution in [0.2, 0.25) is 0 Å². The number of hydrogen-bond acceptors (Lipinski definition) is 3. The topological polar surface area (TPSA) is 68.3 Å². The van der Waals surface area contributed by atoms with Crippen LogP contribution in [0.25, 0.3) is 0 Å². The fourth-order valence-corrected chi connectivity index (χ4v) is 0.963. The van der Waals surface area contributed by atoms with E-state index in [-0.39, 0.29) is 11.9 Å². The zero-order valence-corrected chi connectivity index (χ0v) is 7.62. The van der Waals surface area contributed by atoms with Gasteiger partial charge in [-0.3, -0.25) is 4.79 Å². The van der Waals surface area contributed by atoms with E-state index < -0.39 is 0 Å². The number of furan rings is 1. The lowest BCUT2D eigenvalue weighted by Crippen LogP contribution is -2.29. The first-order chi connectivity index (χ1) is 6.18. The van der Waals surface area contributed by atoms with E-state index in [0.29, 0.717) is 13.0 Å². The van der Waals surface area contributed by atoms with Crippen molar-refractivity contribution in [2.24, 2.45) is 5.73 Å². The van der Waals surface area contributed by atoms with Crippen molar-refractivity contribution >= 4 is 5.91 Å². The highest BCUT2D eigenvalue weighted by Gasteiger charge is 2.04. The molecule has 3 N–H and O–H groups in total. The van der Waals surface area contributed by atoms with Crippen LogP contribution in [-0.4, -0.2) is 11.9 Å². The van der Waals surface area contributed by atoms with Gasteiger partial charge < -0.3 is 15.5 Å². The van der Waals surface area contributed by atoms with Gasteiger partial charge in [0, 0.05) is 12.5 Å². The van der Waals surface area contributed by atoms with Crippen LogP contribution >= 0.6 is 0 Å². The summed E-state index contributed by atoms with van der Waals surface area (Å²) >= 11 is 0. The third-order valence-corrected chi connectivity index (χ3v) is 1.55. The summed E-state index contributed by atoms with van der Waals surface area (Å²) < 4.78 is 5.04. The zero-order chi connectivity index (χ0) is 9.68. The molecule has 0 fully saturated rings. The van der Waals surface area contributed by atoms with Crippen molar-refractivity contribution in [2.75, 3.05) is 0 Å². The molecule has 4 heteroatoms. The highest BCUT2D eigenvalue weighted by Crippen LogP contribution is 1.98. The second kappa shape index (κ2) is 4.67. The summed E-state index contributed by atoms with van der Waals surface area (Å²) in [6.07, 6.45) is 1.92. The van der Waals surface area contributed by atoms with E-state index in [2.05, 4.69) is 5.32 Å². The Morgan fingerprint density at radius 2 is 2.54 bits per heavy atom. The Balaban J connectivity index is 2.23. The molecule has 4 nitrogen and oxygen atoms in total. The Kier molecular flexibility index (Phi) is 3.52. The van der Waals surface area contributed by atoms with E-state index in [0.717, 1.165) is 5.76 Å². The highest BCUT2D eigenvalue weighted by molar-refractivity contribution is 5.76. The maximum atomic E-state index is 11.1. The minimum atomic E-state index is -0.100. The number of nitrogens with two attached hydrogens (primary N) is 1. The zero-order valence-electron chi connectivity index (χ0n) is 7.62. The lowest BCUT2D eigenvalue weighted by atomic mass is 10.2. The van der Waals surface area contributed by atoms with Crippen LogP contribution in [0, 0.1) is 0 Å². The van der Waals surface area contributed by atoms with Gasteiger partial charge in [0.1, 0.15) is 5.76 Å². The van der Waals surface area contributed by atoms with Gasteiger partial charge in [-0.15, -0.1) is 0 Å². The third kappa shape index (κ3) is 3.75. The average molecular weight is 182 g/mol. The molecule has 0 aliphatic heterocycles. The number of amides is 1. The van der Waals surface area contributed by atoms with Gasteiger partial charge in [-0.2, -0.15) is 0 Å². The lowest BCUT2D eigenvalue weighted by Gasteiger charge is -2.05. The highest BCUT2D eigenvalue weighted by atomic mass is 16.3. The molecule has 0 aliphatic rings. The van der Waals surface area contributed by atoms with Gasteiger partial charge in [0.25, 0.3) is 0 Å². The fourth-order valence-electron chi connectivity index (χ4n) is 0.963. The molecule has 1 amide bonds. The maximum absolute atomic E-state index is 11.1. The van der Waals surface area contributed by atoms with Gasteiger partial charge in [-0.05, 0) is 19.1 Å². The fraction of sp³-hybridized carbons (Fsp3) is 0.444. The van der Waals surface area contributed by atoms with Crippen LogP contribution in [0.1, 0.15) is 19.1 Å². The molecule has 1 rings (SSSR count). The van der Waals surface area contributed by atoms with E-state index in [1.807, 2.05) is 6.07 Å². The molecule has 0 aromatic carbocycles. The van der Waals surface area contributed by atoms with Gasteiger partial charge in [0.2, 0.25) is 5.91 Å². The Labute approximate surface area is 77.1 Å². The first-order valence-electron chi connectivity index (χ1n) is 4.23. The minimum Gasteiger partial charge on any atom is -0.467 e. The summed E-state index contributed by atoms with van der Waals surface area (Å²) in [4.78, 5) is 11.1. The van der Waals surface area contributed by atoms with Crippen LogP contribution in [0.3, 0.4) is 0 Å². The summed E-state index contributed by atoms with van der Waals surface area (Å²) in [6, 6.07) is 3.50. The monoisotopic (exact) mass is 182 g/mol. The van der Waals surface area contributed by atoms with E-state index in [4.69, 9.17) is 10.2 Å². The lowest BCUT2D eigenvalue weighted by molar-refractivity contribution is -0.121. The number of rotatable bonds is 4. The first kappa shape index (κ1) is 9.80. The summed E-state index contributed by atoms with van der Waals surface area (Å²) in [5.74, 6) is 0.699. The Bertz CT molecular complexity index is 255. The number of carbonyl (C=O) groups excluding carboxylic acids is 1. The molecule has 0 aliphatic carbocycles. The predicted octanol–water partition coefficient (Wildman–Crippen LogP) is 0.633. The van der Waals surface area contributed by atoms with E-state index in [9.17, 15) is 4.79 Å². The summed E-state index contributed by atoms with van der Waals surface area (Å²) in [5, 5.41) is 2.70. The predicted molar refractivity (Wildman–Crippen MR) is 48.8 cm³/mol. The molecular weight excluding hydrogens is 168 g/mol.